The summed E-state index contributed by atoms with van der Waals surface area (Å²) in [5, 5.41) is 13.2. The monoisotopic (exact) mass is 383 g/mol. The molecule has 142 valence electrons. The normalized spacial score (nSPS) is 22.0. The number of nitrogens with one attached hydrogen (secondary N) is 1. The van der Waals surface area contributed by atoms with Crippen LogP contribution in [0.5, 0.6) is 0 Å². The van der Waals surface area contributed by atoms with E-state index in [2.05, 4.69) is 26.1 Å². The van der Waals surface area contributed by atoms with Crippen molar-refractivity contribution < 1.29 is 14.7 Å². The third-order valence-corrected chi connectivity index (χ3v) is 7.27. The van der Waals surface area contributed by atoms with Gasteiger partial charge in [-0.2, -0.15) is 0 Å². The van der Waals surface area contributed by atoms with Crippen LogP contribution in [-0.2, 0) is 17.6 Å². The Hall–Kier alpha value is -2.14. The number of hydrogen-bond donors (Lipinski definition) is 2. The summed E-state index contributed by atoms with van der Waals surface area (Å²) >= 11 is 1.74. The van der Waals surface area contributed by atoms with Crippen LogP contribution in [0.15, 0.2) is 24.3 Å². The van der Waals surface area contributed by atoms with Crippen LogP contribution in [0.1, 0.15) is 71.5 Å². The zero-order valence-corrected chi connectivity index (χ0v) is 16.8. The number of fused-ring (bicyclic) bond motifs is 3. The van der Waals surface area contributed by atoms with Gasteiger partial charge in [0.2, 0.25) is 5.91 Å². The Morgan fingerprint density at radius 1 is 1.19 bits per heavy atom. The van der Waals surface area contributed by atoms with Gasteiger partial charge in [0.25, 0.3) is 0 Å². The van der Waals surface area contributed by atoms with Gasteiger partial charge >= 0.3 is 5.97 Å². The lowest BCUT2D eigenvalue weighted by Gasteiger charge is -2.34. The van der Waals surface area contributed by atoms with Gasteiger partial charge in [0.15, 0.2) is 0 Å². The van der Waals surface area contributed by atoms with Gasteiger partial charge in [0.05, 0.1) is 10.6 Å². The highest BCUT2D eigenvalue weighted by molar-refractivity contribution is 7.16. The van der Waals surface area contributed by atoms with E-state index in [-0.39, 0.29) is 22.8 Å². The zero-order valence-electron chi connectivity index (χ0n) is 16.0. The summed E-state index contributed by atoms with van der Waals surface area (Å²) in [6.07, 6.45) is 3.74. The Labute approximate surface area is 163 Å². The molecule has 0 radical (unpaired) electrons. The molecule has 0 bridgehead atoms. The lowest BCUT2D eigenvalue weighted by Crippen LogP contribution is -2.27. The number of carboxylic acid groups (broad SMARTS) is 1. The maximum absolute atomic E-state index is 12.3. The fourth-order valence-corrected chi connectivity index (χ4v) is 5.83. The van der Waals surface area contributed by atoms with Crippen LogP contribution in [-0.4, -0.2) is 17.0 Å². The summed E-state index contributed by atoms with van der Waals surface area (Å²) in [6, 6.07) is 7.00. The number of benzene rings is 1. The Bertz CT molecular complexity index is 905. The van der Waals surface area contributed by atoms with Gasteiger partial charge in [-0.25, -0.2) is 4.79 Å². The molecule has 2 unspecified atom stereocenters. The van der Waals surface area contributed by atoms with E-state index in [4.69, 9.17) is 5.11 Å². The first kappa shape index (κ1) is 18.2. The maximum Gasteiger partial charge on any atom is 0.335 e. The van der Waals surface area contributed by atoms with Crippen LogP contribution >= 0.6 is 11.3 Å². The maximum atomic E-state index is 12.3. The van der Waals surface area contributed by atoms with Gasteiger partial charge in [-0.1, -0.05) is 32.9 Å². The molecular weight excluding hydrogens is 358 g/mol. The quantitative estimate of drug-likeness (QED) is 0.761. The predicted octanol–water partition coefficient (Wildman–Crippen LogP) is 5.07. The minimum Gasteiger partial charge on any atom is -0.478 e. The molecule has 1 amide bonds. The van der Waals surface area contributed by atoms with Crippen LogP contribution in [0.4, 0.5) is 5.00 Å². The third kappa shape index (κ3) is 3.29. The molecule has 4 nitrogen and oxygen atoms in total. The van der Waals surface area contributed by atoms with Crippen molar-refractivity contribution >= 4 is 28.2 Å². The Balaban J connectivity index is 1.73. The standard InChI is InChI=1S/C22H25NO3S/c1-22(2,3)14-8-9-15-17(10-14)27-20-19(15)16(11-18(24)23-20)12-4-6-13(7-5-12)21(25)26/h4-7,14,16H,8-11H2,1-3H3,(H,23,24)(H,25,26). The fourth-order valence-electron chi connectivity index (χ4n) is 4.42. The summed E-state index contributed by atoms with van der Waals surface area (Å²) in [6.45, 7) is 6.93. The summed E-state index contributed by atoms with van der Waals surface area (Å²) in [5.41, 5.74) is 4.28. The van der Waals surface area contributed by atoms with Crippen LogP contribution in [0.25, 0.3) is 0 Å². The number of hydrogen-bond acceptors (Lipinski definition) is 3. The van der Waals surface area contributed by atoms with Crippen molar-refractivity contribution in [3.05, 3.63) is 51.4 Å². The number of carbonyl (C=O) groups is 2. The van der Waals surface area contributed by atoms with Crippen molar-refractivity contribution in [2.45, 2.75) is 52.4 Å². The van der Waals surface area contributed by atoms with E-state index < -0.39 is 5.97 Å². The summed E-state index contributed by atoms with van der Waals surface area (Å²) in [5.74, 6) is -0.206. The van der Waals surface area contributed by atoms with Gasteiger partial charge in [-0.15, -0.1) is 11.3 Å². The molecule has 27 heavy (non-hydrogen) atoms. The summed E-state index contributed by atoms with van der Waals surface area (Å²) in [7, 11) is 0. The van der Waals surface area contributed by atoms with E-state index >= 15 is 0 Å². The van der Waals surface area contributed by atoms with E-state index in [1.54, 1.807) is 23.5 Å². The van der Waals surface area contributed by atoms with Gasteiger partial charge in [-0.05, 0) is 59.4 Å². The molecule has 0 fully saturated rings. The largest absolute Gasteiger partial charge is 0.478 e. The van der Waals surface area contributed by atoms with Crippen molar-refractivity contribution in [1.82, 2.24) is 0 Å². The fraction of sp³-hybridized carbons (Fsp3) is 0.455. The van der Waals surface area contributed by atoms with Gasteiger partial charge in [0.1, 0.15) is 0 Å². The third-order valence-electron chi connectivity index (χ3n) is 6.08. The van der Waals surface area contributed by atoms with E-state index in [1.807, 2.05) is 12.1 Å². The van der Waals surface area contributed by atoms with Crippen molar-refractivity contribution in [1.29, 1.82) is 0 Å². The second kappa shape index (κ2) is 6.48. The molecule has 1 aromatic carbocycles. The first-order chi connectivity index (χ1) is 12.7. The number of aromatic carboxylic acids is 1. The smallest absolute Gasteiger partial charge is 0.335 e. The molecule has 2 aliphatic rings. The van der Waals surface area contributed by atoms with Crippen molar-refractivity contribution in [3.63, 3.8) is 0 Å². The molecule has 5 heteroatoms. The Morgan fingerprint density at radius 3 is 2.52 bits per heavy atom. The number of anilines is 1. The van der Waals surface area contributed by atoms with E-state index in [9.17, 15) is 9.59 Å². The molecule has 2 aromatic rings. The second-order valence-electron chi connectivity index (χ2n) is 8.78. The second-order valence-corrected chi connectivity index (χ2v) is 9.89. The minimum absolute atomic E-state index is 0.0165. The number of amides is 1. The first-order valence-electron chi connectivity index (χ1n) is 9.51. The SMILES string of the molecule is CC(C)(C)C1CCc2c(sc3c2C(c2ccc(C(=O)O)cc2)CC(=O)N3)C1. The number of carbonyl (C=O) groups excluding carboxylic acids is 1. The molecule has 2 heterocycles. The van der Waals surface area contributed by atoms with Crippen LogP contribution < -0.4 is 5.32 Å². The topological polar surface area (TPSA) is 66.4 Å². The number of rotatable bonds is 2. The van der Waals surface area contributed by atoms with Crippen LogP contribution in [0, 0.1) is 11.3 Å². The molecular formula is C22H25NO3S. The number of carboxylic acids is 1. The molecule has 1 aromatic heterocycles. The molecule has 4 rings (SSSR count). The van der Waals surface area contributed by atoms with Gasteiger partial charge < -0.3 is 10.4 Å². The molecule has 2 N–H and O–H groups in total. The highest BCUT2D eigenvalue weighted by Gasteiger charge is 2.37. The summed E-state index contributed by atoms with van der Waals surface area (Å²) in [4.78, 5) is 24.9. The van der Waals surface area contributed by atoms with Crippen LogP contribution in [0.2, 0.25) is 0 Å². The molecule has 2 atom stereocenters. The average molecular weight is 384 g/mol. The molecule has 1 aliphatic heterocycles. The highest BCUT2D eigenvalue weighted by Crippen LogP contribution is 2.50. The zero-order chi connectivity index (χ0) is 19.3. The van der Waals surface area contributed by atoms with Crippen LogP contribution in [0.3, 0.4) is 0 Å². The lowest BCUT2D eigenvalue weighted by atomic mass is 9.71. The van der Waals surface area contributed by atoms with Gasteiger partial charge in [0, 0.05) is 17.2 Å². The minimum atomic E-state index is -0.926. The van der Waals surface area contributed by atoms with Crippen molar-refractivity contribution in [3.8, 4) is 0 Å². The Morgan fingerprint density at radius 2 is 1.89 bits per heavy atom. The first-order valence-corrected chi connectivity index (χ1v) is 10.3. The van der Waals surface area contributed by atoms with E-state index in [1.165, 1.54) is 22.4 Å². The number of thiophene rings is 1. The highest BCUT2D eigenvalue weighted by atomic mass is 32.1. The molecule has 0 saturated heterocycles. The molecule has 1 aliphatic carbocycles. The predicted molar refractivity (Wildman–Crippen MR) is 108 cm³/mol. The Kier molecular flexibility index (Phi) is 4.38. The van der Waals surface area contributed by atoms with Crippen molar-refractivity contribution in [2.75, 3.05) is 5.32 Å². The summed E-state index contributed by atoms with van der Waals surface area (Å²) < 4.78 is 0. The van der Waals surface area contributed by atoms with Crippen molar-refractivity contribution in [2.24, 2.45) is 11.3 Å². The van der Waals surface area contributed by atoms with E-state index in [0.29, 0.717) is 12.3 Å². The van der Waals surface area contributed by atoms with E-state index in [0.717, 1.165) is 23.4 Å². The molecule has 0 spiro atoms. The average Bonchev–Trinajstić information content (AvgIpc) is 2.97. The lowest BCUT2D eigenvalue weighted by molar-refractivity contribution is -0.116. The molecule has 0 saturated carbocycles. The van der Waals surface area contributed by atoms with Gasteiger partial charge in [-0.3, -0.25) is 4.79 Å².